The summed E-state index contributed by atoms with van der Waals surface area (Å²) < 4.78 is 5.67. The van der Waals surface area contributed by atoms with Gasteiger partial charge in [0.25, 0.3) is 0 Å². The van der Waals surface area contributed by atoms with Gasteiger partial charge in [-0.2, -0.15) is 0 Å². The van der Waals surface area contributed by atoms with E-state index < -0.39 is 5.97 Å². The summed E-state index contributed by atoms with van der Waals surface area (Å²) >= 11 is 0. The predicted octanol–water partition coefficient (Wildman–Crippen LogP) is 2.70. The fourth-order valence-electron chi connectivity index (χ4n) is 2.55. The van der Waals surface area contributed by atoms with Gasteiger partial charge in [0.05, 0.1) is 30.0 Å². The largest absolute Gasteiger partial charge is 0.478 e. The van der Waals surface area contributed by atoms with Crippen molar-refractivity contribution in [2.75, 3.05) is 18.1 Å². The SMILES string of the molecule is CCC1COC(C)CN1c1ccc(C)cc1C(=O)O. The lowest BCUT2D eigenvalue weighted by Gasteiger charge is -2.40. The van der Waals surface area contributed by atoms with Gasteiger partial charge < -0.3 is 14.7 Å². The van der Waals surface area contributed by atoms with E-state index in [0.29, 0.717) is 12.2 Å². The van der Waals surface area contributed by atoms with Crippen LogP contribution < -0.4 is 4.90 Å². The molecule has 104 valence electrons. The molecule has 2 rings (SSSR count). The van der Waals surface area contributed by atoms with Crippen LogP contribution in [0.15, 0.2) is 18.2 Å². The van der Waals surface area contributed by atoms with Gasteiger partial charge in [0.1, 0.15) is 0 Å². The summed E-state index contributed by atoms with van der Waals surface area (Å²) in [5, 5.41) is 9.39. The van der Waals surface area contributed by atoms with Crippen molar-refractivity contribution in [1.29, 1.82) is 0 Å². The van der Waals surface area contributed by atoms with E-state index in [-0.39, 0.29) is 12.1 Å². The molecule has 1 aliphatic heterocycles. The predicted molar refractivity (Wildman–Crippen MR) is 75.0 cm³/mol. The van der Waals surface area contributed by atoms with Crippen molar-refractivity contribution >= 4 is 11.7 Å². The third-order valence-corrected chi connectivity index (χ3v) is 3.63. The van der Waals surface area contributed by atoms with Gasteiger partial charge in [0.15, 0.2) is 0 Å². The maximum atomic E-state index is 11.4. The highest BCUT2D eigenvalue weighted by molar-refractivity contribution is 5.94. The Balaban J connectivity index is 2.40. The van der Waals surface area contributed by atoms with Gasteiger partial charge in [-0.1, -0.05) is 18.6 Å². The number of carboxylic acid groups (broad SMARTS) is 1. The maximum Gasteiger partial charge on any atom is 0.337 e. The summed E-state index contributed by atoms with van der Waals surface area (Å²) in [6.45, 7) is 7.43. The van der Waals surface area contributed by atoms with Crippen LogP contribution in [0.4, 0.5) is 5.69 Å². The molecule has 0 aromatic heterocycles. The molecule has 2 unspecified atom stereocenters. The van der Waals surface area contributed by atoms with Gasteiger partial charge in [-0.05, 0) is 32.4 Å². The van der Waals surface area contributed by atoms with Crippen molar-refractivity contribution in [2.45, 2.75) is 39.3 Å². The number of morpholine rings is 1. The molecule has 0 bridgehead atoms. The number of carboxylic acids is 1. The molecule has 4 nitrogen and oxygen atoms in total. The lowest BCUT2D eigenvalue weighted by Crippen LogP contribution is -2.49. The minimum Gasteiger partial charge on any atom is -0.478 e. The van der Waals surface area contributed by atoms with Crippen molar-refractivity contribution < 1.29 is 14.6 Å². The highest BCUT2D eigenvalue weighted by Gasteiger charge is 2.28. The van der Waals surface area contributed by atoms with Crippen molar-refractivity contribution in [3.05, 3.63) is 29.3 Å². The molecule has 1 aromatic rings. The number of rotatable bonds is 3. The standard InChI is InChI=1S/C15H21NO3/c1-4-12-9-19-11(3)8-16(12)14-6-5-10(2)7-13(14)15(17)18/h5-7,11-12H,4,8-9H2,1-3H3,(H,17,18). The molecule has 0 spiro atoms. The third kappa shape index (κ3) is 2.89. The number of hydrogen-bond donors (Lipinski definition) is 1. The zero-order valence-electron chi connectivity index (χ0n) is 11.7. The van der Waals surface area contributed by atoms with Gasteiger partial charge in [-0.3, -0.25) is 0 Å². The van der Waals surface area contributed by atoms with E-state index in [2.05, 4.69) is 11.8 Å². The minimum absolute atomic E-state index is 0.130. The monoisotopic (exact) mass is 263 g/mol. The molecule has 0 aliphatic carbocycles. The Labute approximate surface area is 114 Å². The van der Waals surface area contributed by atoms with E-state index in [1.54, 1.807) is 6.07 Å². The number of anilines is 1. The number of benzene rings is 1. The Morgan fingerprint density at radius 1 is 1.53 bits per heavy atom. The fourth-order valence-corrected chi connectivity index (χ4v) is 2.55. The zero-order valence-corrected chi connectivity index (χ0v) is 11.7. The smallest absolute Gasteiger partial charge is 0.337 e. The quantitative estimate of drug-likeness (QED) is 0.911. The van der Waals surface area contributed by atoms with Crippen molar-refractivity contribution in [1.82, 2.24) is 0 Å². The topological polar surface area (TPSA) is 49.8 Å². The Morgan fingerprint density at radius 2 is 2.26 bits per heavy atom. The molecule has 0 saturated carbocycles. The number of aryl methyl sites for hydroxylation is 1. The van der Waals surface area contributed by atoms with Crippen LogP contribution in [0.3, 0.4) is 0 Å². The Hall–Kier alpha value is -1.55. The number of hydrogen-bond acceptors (Lipinski definition) is 3. The second-order valence-corrected chi connectivity index (χ2v) is 5.18. The number of aromatic carboxylic acids is 1. The van der Waals surface area contributed by atoms with Crippen LogP contribution in [0.2, 0.25) is 0 Å². The van der Waals surface area contributed by atoms with Crippen LogP contribution >= 0.6 is 0 Å². The second kappa shape index (κ2) is 5.61. The van der Waals surface area contributed by atoms with Crippen molar-refractivity contribution in [3.63, 3.8) is 0 Å². The van der Waals surface area contributed by atoms with Crippen LogP contribution in [0.25, 0.3) is 0 Å². The first kappa shape index (κ1) is 13.9. The van der Waals surface area contributed by atoms with Crippen LogP contribution in [0.5, 0.6) is 0 Å². The second-order valence-electron chi connectivity index (χ2n) is 5.18. The van der Waals surface area contributed by atoms with E-state index in [0.717, 1.165) is 24.2 Å². The highest BCUT2D eigenvalue weighted by Crippen LogP contribution is 2.28. The average molecular weight is 263 g/mol. The van der Waals surface area contributed by atoms with E-state index in [9.17, 15) is 9.90 Å². The van der Waals surface area contributed by atoms with E-state index in [4.69, 9.17) is 4.74 Å². The molecule has 1 fully saturated rings. The summed E-state index contributed by atoms with van der Waals surface area (Å²) in [6.07, 6.45) is 1.07. The fraction of sp³-hybridized carbons (Fsp3) is 0.533. The maximum absolute atomic E-state index is 11.4. The summed E-state index contributed by atoms with van der Waals surface area (Å²) in [4.78, 5) is 13.6. The molecule has 0 radical (unpaired) electrons. The van der Waals surface area contributed by atoms with Gasteiger partial charge in [-0.25, -0.2) is 4.79 Å². The Morgan fingerprint density at radius 3 is 2.89 bits per heavy atom. The molecular weight excluding hydrogens is 242 g/mol. The molecule has 0 amide bonds. The van der Waals surface area contributed by atoms with Gasteiger partial charge in [0, 0.05) is 6.54 Å². The van der Waals surface area contributed by atoms with Crippen LogP contribution in [0, 0.1) is 6.92 Å². The first-order valence-electron chi connectivity index (χ1n) is 6.75. The van der Waals surface area contributed by atoms with Crippen molar-refractivity contribution in [3.8, 4) is 0 Å². The normalized spacial score (nSPS) is 23.4. The van der Waals surface area contributed by atoms with Crippen LogP contribution in [-0.4, -0.2) is 36.4 Å². The molecule has 19 heavy (non-hydrogen) atoms. The van der Waals surface area contributed by atoms with E-state index in [1.165, 1.54) is 0 Å². The van der Waals surface area contributed by atoms with Gasteiger partial charge >= 0.3 is 5.97 Å². The Bertz CT molecular complexity index is 472. The average Bonchev–Trinajstić information content (AvgIpc) is 2.38. The summed E-state index contributed by atoms with van der Waals surface area (Å²) in [6, 6.07) is 5.87. The highest BCUT2D eigenvalue weighted by atomic mass is 16.5. The number of carbonyl (C=O) groups is 1. The number of nitrogens with zero attached hydrogens (tertiary/aromatic N) is 1. The summed E-state index contributed by atoms with van der Waals surface area (Å²) in [7, 11) is 0. The van der Waals surface area contributed by atoms with Crippen LogP contribution in [0.1, 0.15) is 36.2 Å². The first-order chi connectivity index (χ1) is 9.02. The third-order valence-electron chi connectivity index (χ3n) is 3.63. The van der Waals surface area contributed by atoms with E-state index >= 15 is 0 Å². The molecule has 1 saturated heterocycles. The van der Waals surface area contributed by atoms with Crippen LogP contribution in [-0.2, 0) is 4.74 Å². The van der Waals surface area contributed by atoms with E-state index in [1.807, 2.05) is 26.0 Å². The molecular formula is C15H21NO3. The minimum atomic E-state index is -0.868. The molecule has 1 N–H and O–H groups in total. The summed E-state index contributed by atoms with van der Waals surface area (Å²) in [5.74, 6) is -0.868. The lowest BCUT2D eigenvalue weighted by molar-refractivity contribution is 0.0297. The van der Waals surface area contributed by atoms with Gasteiger partial charge in [-0.15, -0.1) is 0 Å². The molecule has 4 heteroatoms. The molecule has 1 heterocycles. The van der Waals surface area contributed by atoms with Gasteiger partial charge in [0.2, 0.25) is 0 Å². The summed E-state index contributed by atoms with van der Waals surface area (Å²) in [5.41, 5.74) is 2.16. The lowest BCUT2D eigenvalue weighted by atomic mass is 10.0. The number of ether oxygens (including phenoxy) is 1. The molecule has 2 atom stereocenters. The van der Waals surface area contributed by atoms with Crippen molar-refractivity contribution in [2.24, 2.45) is 0 Å². The first-order valence-corrected chi connectivity index (χ1v) is 6.75. The molecule has 1 aromatic carbocycles. The zero-order chi connectivity index (χ0) is 14.0. The molecule has 1 aliphatic rings. The Kier molecular flexibility index (Phi) is 4.10.